The van der Waals surface area contributed by atoms with Gasteiger partial charge in [0.05, 0.1) is 6.54 Å². The van der Waals surface area contributed by atoms with E-state index in [0.29, 0.717) is 6.54 Å². The van der Waals surface area contributed by atoms with Crippen LogP contribution in [0.1, 0.15) is 18.4 Å². The molecule has 1 saturated carbocycles. The summed E-state index contributed by atoms with van der Waals surface area (Å²) in [4.78, 5) is 37.5. The van der Waals surface area contributed by atoms with Crippen molar-refractivity contribution in [2.45, 2.75) is 31.7 Å². The summed E-state index contributed by atoms with van der Waals surface area (Å²) in [5, 5.41) is 23.2. The average molecular weight is 489 g/mol. The smallest absolute Gasteiger partial charge is 0.480 e. The Kier molecular flexibility index (Phi) is 9.88. The Balaban J connectivity index is 0.000000324. The largest absolute Gasteiger partial charge is 0.490 e. The van der Waals surface area contributed by atoms with Gasteiger partial charge in [-0.2, -0.15) is 26.3 Å². The lowest BCUT2D eigenvalue weighted by molar-refractivity contribution is -0.193. The molecule has 1 aromatic rings. The molecule has 0 radical (unpaired) electrons. The van der Waals surface area contributed by atoms with Crippen LogP contribution < -0.4 is 4.90 Å². The second-order valence-corrected chi connectivity index (χ2v) is 7.09. The fourth-order valence-electron chi connectivity index (χ4n) is 2.64. The predicted molar refractivity (Wildman–Crippen MR) is 99.5 cm³/mol. The Morgan fingerprint density at radius 2 is 1.48 bits per heavy atom. The number of hydrogen-bond donors (Lipinski definition) is 3. The molecule has 9 nitrogen and oxygen atoms in total. The fourth-order valence-corrected chi connectivity index (χ4v) is 2.64. The maximum atomic E-state index is 10.9. The first-order chi connectivity index (χ1) is 15.1. The Morgan fingerprint density at radius 3 is 1.91 bits per heavy atom. The number of rotatable bonds is 4. The second-order valence-electron chi connectivity index (χ2n) is 7.09. The summed E-state index contributed by atoms with van der Waals surface area (Å²) < 4.78 is 63.5. The minimum atomic E-state index is -5.08. The number of halogens is 6. The number of carboxylic acids is 3. The number of aromatic nitrogens is 1. The molecule has 0 atom stereocenters. The van der Waals surface area contributed by atoms with Crippen LogP contribution in [-0.4, -0.2) is 81.6 Å². The molecule has 1 aromatic heterocycles. The summed E-state index contributed by atoms with van der Waals surface area (Å²) in [6.07, 6.45) is -5.71. The van der Waals surface area contributed by atoms with Gasteiger partial charge in [0, 0.05) is 37.9 Å². The van der Waals surface area contributed by atoms with E-state index < -0.39 is 30.3 Å². The van der Waals surface area contributed by atoms with E-state index in [1.54, 1.807) is 0 Å². The first-order valence-electron chi connectivity index (χ1n) is 9.34. The average Bonchev–Trinajstić information content (AvgIpc) is 3.49. The van der Waals surface area contributed by atoms with Gasteiger partial charge in [-0.15, -0.1) is 0 Å². The number of carboxylic acid groups (broad SMARTS) is 3. The fraction of sp³-hybridized carbons (Fsp3) is 0.556. The molecule has 2 aliphatic rings. The number of aliphatic carboxylic acids is 3. The molecule has 2 heterocycles. The molecular formula is C18H21F6N3O6. The van der Waals surface area contributed by atoms with Crippen molar-refractivity contribution in [1.29, 1.82) is 0 Å². The molecule has 3 rings (SSSR count). The monoisotopic (exact) mass is 489 g/mol. The van der Waals surface area contributed by atoms with E-state index in [1.165, 1.54) is 12.8 Å². The summed E-state index contributed by atoms with van der Waals surface area (Å²) in [6.45, 7) is 3.50. The third kappa shape index (κ3) is 10.9. The normalized spacial score (nSPS) is 16.2. The number of nitrogens with zero attached hydrogens (tertiary/aromatic N) is 3. The van der Waals surface area contributed by atoms with Crippen molar-refractivity contribution in [3.8, 4) is 0 Å². The van der Waals surface area contributed by atoms with Gasteiger partial charge in [0.2, 0.25) is 0 Å². The second kappa shape index (κ2) is 11.7. The molecule has 1 aliphatic heterocycles. The SMILES string of the molecule is O=C(O)C(F)(F)F.O=C(O)C(F)(F)F.O=C(O)CN1CCN(CC2CC2)c2ncccc2C1. The Hall–Kier alpha value is -3.10. The molecular weight excluding hydrogens is 468 g/mol. The van der Waals surface area contributed by atoms with Crippen molar-refractivity contribution in [2.24, 2.45) is 5.92 Å². The molecule has 33 heavy (non-hydrogen) atoms. The summed E-state index contributed by atoms with van der Waals surface area (Å²) in [5.41, 5.74) is 1.14. The zero-order valence-corrected chi connectivity index (χ0v) is 16.9. The van der Waals surface area contributed by atoms with Crippen LogP contribution in [0.4, 0.5) is 32.2 Å². The van der Waals surface area contributed by atoms with Gasteiger partial charge < -0.3 is 20.2 Å². The molecule has 0 saturated heterocycles. The molecule has 186 valence electrons. The van der Waals surface area contributed by atoms with E-state index >= 15 is 0 Å². The molecule has 15 heteroatoms. The van der Waals surface area contributed by atoms with Gasteiger partial charge >= 0.3 is 30.3 Å². The maximum absolute atomic E-state index is 10.9. The number of anilines is 1. The molecule has 0 unspecified atom stereocenters. The highest BCUT2D eigenvalue weighted by atomic mass is 19.4. The third-order valence-electron chi connectivity index (χ3n) is 4.27. The lowest BCUT2D eigenvalue weighted by Crippen LogP contribution is -2.35. The molecule has 3 N–H and O–H groups in total. The first kappa shape index (κ1) is 27.9. The molecule has 1 aliphatic carbocycles. The number of hydrogen-bond acceptors (Lipinski definition) is 6. The minimum Gasteiger partial charge on any atom is -0.480 e. The van der Waals surface area contributed by atoms with E-state index in [-0.39, 0.29) is 6.54 Å². The van der Waals surface area contributed by atoms with Gasteiger partial charge in [-0.1, -0.05) is 6.07 Å². The summed E-state index contributed by atoms with van der Waals surface area (Å²) in [6, 6.07) is 3.99. The number of fused-ring (bicyclic) bond motifs is 1. The lowest BCUT2D eigenvalue weighted by Gasteiger charge is -2.23. The zero-order chi connectivity index (χ0) is 25.4. The molecule has 0 spiro atoms. The van der Waals surface area contributed by atoms with E-state index in [4.69, 9.17) is 24.9 Å². The summed E-state index contributed by atoms with van der Waals surface area (Å²) >= 11 is 0. The first-order valence-corrected chi connectivity index (χ1v) is 9.34. The summed E-state index contributed by atoms with van der Waals surface area (Å²) in [7, 11) is 0. The van der Waals surface area contributed by atoms with Gasteiger partial charge in [-0.3, -0.25) is 9.69 Å². The van der Waals surface area contributed by atoms with Gasteiger partial charge in [0.1, 0.15) is 5.82 Å². The van der Waals surface area contributed by atoms with E-state index in [1.807, 2.05) is 17.2 Å². The van der Waals surface area contributed by atoms with Crippen LogP contribution in [-0.2, 0) is 20.9 Å². The molecule has 0 amide bonds. The van der Waals surface area contributed by atoms with Crippen molar-refractivity contribution in [3.05, 3.63) is 23.9 Å². The standard InChI is InChI=1S/C14H19N3O2.2C2HF3O2/c18-13(19)10-16-6-7-17(8-11-3-4-11)14-12(9-16)2-1-5-15-14;2*3-2(4,5)1(6)7/h1-2,5,11H,3-4,6-10H2,(H,18,19);2*(H,6,7). The van der Waals surface area contributed by atoms with Gasteiger partial charge in [-0.05, 0) is 24.8 Å². The Bertz CT molecular complexity index is 805. The number of pyridine rings is 1. The van der Waals surface area contributed by atoms with Crippen LogP contribution in [0.2, 0.25) is 0 Å². The van der Waals surface area contributed by atoms with E-state index in [9.17, 15) is 31.1 Å². The van der Waals surface area contributed by atoms with E-state index in [2.05, 4.69) is 16.0 Å². The van der Waals surface area contributed by atoms with Crippen LogP contribution in [0.15, 0.2) is 18.3 Å². The topological polar surface area (TPSA) is 131 Å². The molecule has 0 bridgehead atoms. The van der Waals surface area contributed by atoms with Crippen LogP contribution in [0.3, 0.4) is 0 Å². The highest BCUT2D eigenvalue weighted by molar-refractivity contribution is 5.73. The Morgan fingerprint density at radius 1 is 0.970 bits per heavy atom. The molecule has 0 aromatic carbocycles. The summed E-state index contributed by atoms with van der Waals surface area (Å²) in [5.74, 6) is -4.43. The Labute approximate surface area is 183 Å². The van der Waals surface area contributed by atoms with Crippen molar-refractivity contribution >= 4 is 23.7 Å². The quantitative estimate of drug-likeness (QED) is 0.546. The van der Waals surface area contributed by atoms with Crippen LogP contribution in [0.5, 0.6) is 0 Å². The highest BCUT2D eigenvalue weighted by Gasteiger charge is 2.38. The van der Waals surface area contributed by atoms with Crippen LogP contribution in [0.25, 0.3) is 0 Å². The third-order valence-corrected chi connectivity index (χ3v) is 4.27. The van der Waals surface area contributed by atoms with Crippen molar-refractivity contribution in [3.63, 3.8) is 0 Å². The molecule has 1 fully saturated rings. The van der Waals surface area contributed by atoms with Gasteiger partial charge in [0.15, 0.2) is 0 Å². The van der Waals surface area contributed by atoms with Crippen molar-refractivity contribution in [1.82, 2.24) is 9.88 Å². The van der Waals surface area contributed by atoms with Crippen LogP contribution >= 0.6 is 0 Å². The van der Waals surface area contributed by atoms with E-state index in [0.717, 1.165) is 36.9 Å². The zero-order valence-electron chi connectivity index (χ0n) is 16.9. The predicted octanol–water partition coefficient (Wildman–Crippen LogP) is 2.46. The van der Waals surface area contributed by atoms with Crippen LogP contribution in [0, 0.1) is 5.92 Å². The maximum Gasteiger partial charge on any atom is 0.490 e. The van der Waals surface area contributed by atoms with Crippen molar-refractivity contribution in [2.75, 3.05) is 31.1 Å². The van der Waals surface area contributed by atoms with Gasteiger partial charge in [0.25, 0.3) is 0 Å². The lowest BCUT2D eigenvalue weighted by atomic mass is 10.2. The number of alkyl halides is 6. The van der Waals surface area contributed by atoms with Crippen molar-refractivity contribution < 1.29 is 56.0 Å². The minimum absolute atomic E-state index is 0.103. The van der Waals surface area contributed by atoms with Gasteiger partial charge in [-0.25, -0.2) is 14.6 Å². The number of carbonyl (C=O) groups is 3. The highest BCUT2D eigenvalue weighted by Crippen LogP contribution is 2.32.